The zero-order valence-corrected chi connectivity index (χ0v) is 11.1. The maximum atomic E-state index is 5.87. The molecule has 0 aliphatic heterocycles. The van der Waals surface area contributed by atoms with Crippen LogP contribution in [0.2, 0.25) is 4.34 Å². The van der Waals surface area contributed by atoms with Crippen LogP contribution in [0.1, 0.15) is 10.6 Å². The van der Waals surface area contributed by atoms with Crippen LogP contribution >= 0.6 is 34.5 Å². The maximum Gasteiger partial charge on any atom is 0.132 e. The van der Waals surface area contributed by atoms with Crippen molar-refractivity contribution in [3.63, 3.8) is 0 Å². The van der Waals surface area contributed by atoms with Crippen molar-refractivity contribution in [2.24, 2.45) is 0 Å². The molecule has 0 amide bonds. The van der Waals surface area contributed by atoms with Crippen LogP contribution in [0.4, 0.5) is 5.00 Å². The van der Waals surface area contributed by atoms with Crippen molar-refractivity contribution in [1.29, 1.82) is 0 Å². The highest BCUT2D eigenvalue weighted by Crippen LogP contribution is 2.23. The zero-order valence-electron chi connectivity index (χ0n) is 8.68. The molecule has 0 aliphatic carbocycles. The van der Waals surface area contributed by atoms with Gasteiger partial charge in [0.05, 0.1) is 4.34 Å². The molecule has 0 spiro atoms. The van der Waals surface area contributed by atoms with E-state index in [1.54, 1.807) is 11.3 Å². The van der Waals surface area contributed by atoms with E-state index < -0.39 is 0 Å². The molecule has 2 aromatic heterocycles. The first-order valence-electron chi connectivity index (χ1n) is 4.64. The molecule has 0 saturated carbocycles. The minimum atomic E-state index is 0.691. The molecule has 7 heteroatoms. The minimum Gasteiger partial charge on any atom is -0.388 e. The third-order valence-electron chi connectivity index (χ3n) is 2.06. The van der Waals surface area contributed by atoms with Crippen LogP contribution in [0.3, 0.4) is 0 Å². The predicted molar refractivity (Wildman–Crippen MR) is 68.8 cm³/mol. The molecule has 16 heavy (non-hydrogen) atoms. The fraction of sp³-hybridized carbons (Fsp3) is 0.333. The second kappa shape index (κ2) is 5.09. The molecule has 0 unspecified atom stereocenters. The molecular weight excluding hydrogens is 264 g/mol. The topological polar surface area (TPSA) is 55.0 Å². The van der Waals surface area contributed by atoms with Crippen LogP contribution in [0.25, 0.3) is 0 Å². The van der Waals surface area contributed by atoms with Gasteiger partial charge in [0, 0.05) is 29.5 Å². The number of aromatic nitrogens is 2. The molecule has 0 radical (unpaired) electrons. The Kier molecular flexibility index (Phi) is 3.75. The summed E-state index contributed by atoms with van der Waals surface area (Å²) in [6.45, 7) is 1.55. The molecule has 2 rings (SSSR count). The average Bonchev–Trinajstić information content (AvgIpc) is 2.77. The van der Waals surface area contributed by atoms with E-state index in [2.05, 4.69) is 14.5 Å². The number of hydrogen-bond donors (Lipinski definition) is 1. The molecule has 2 aromatic rings. The van der Waals surface area contributed by atoms with Gasteiger partial charge >= 0.3 is 0 Å². The van der Waals surface area contributed by atoms with E-state index in [9.17, 15) is 0 Å². The molecule has 0 saturated heterocycles. The molecule has 0 atom stereocenters. The highest BCUT2D eigenvalue weighted by molar-refractivity contribution is 7.16. The van der Waals surface area contributed by atoms with Gasteiger partial charge in [0.2, 0.25) is 0 Å². The number of halogens is 1. The van der Waals surface area contributed by atoms with Crippen molar-refractivity contribution >= 4 is 39.5 Å². The average molecular weight is 275 g/mol. The lowest BCUT2D eigenvalue weighted by atomic mass is 10.4. The van der Waals surface area contributed by atoms with Gasteiger partial charge in [-0.1, -0.05) is 16.1 Å². The van der Waals surface area contributed by atoms with Crippen molar-refractivity contribution in [3.8, 4) is 0 Å². The summed E-state index contributed by atoms with van der Waals surface area (Å²) in [5.74, 6) is 0. The Labute approximate surface area is 107 Å². The molecule has 0 fully saturated rings. The second-order valence-corrected chi connectivity index (χ2v) is 6.05. The molecule has 0 bridgehead atoms. The summed E-state index contributed by atoms with van der Waals surface area (Å²) in [5.41, 5.74) is 6.58. The van der Waals surface area contributed by atoms with Crippen LogP contribution in [-0.2, 0) is 13.1 Å². The summed E-state index contributed by atoms with van der Waals surface area (Å²) < 4.78 is 4.63. The molecule has 0 aromatic carbocycles. The maximum absolute atomic E-state index is 5.87. The van der Waals surface area contributed by atoms with Gasteiger partial charge in [-0.25, -0.2) is 0 Å². The number of hydrogen-bond acceptors (Lipinski definition) is 6. The van der Waals surface area contributed by atoms with Gasteiger partial charge in [0.25, 0.3) is 0 Å². The monoisotopic (exact) mass is 274 g/mol. The van der Waals surface area contributed by atoms with Crippen molar-refractivity contribution in [3.05, 3.63) is 27.0 Å². The van der Waals surface area contributed by atoms with E-state index >= 15 is 0 Å². The third kappa shape index (κ3) is 2.91. The fourth-order valence-electron chi connectivity index (χ4n) is 1.34. The van der Waals surface area contributed by atoms with Crippen molar-refractivity contribution in [1.82, 2.24) is 14.5 Å². The normalized spacial score (nSPS) is 11.2. The minimum absolute atomic E-state index is 0.691. The third-order valence-corrected chi connectivity index (χ3v) is 3.87. The SMILES string of the molecule is CN(Cc1ccc(Cl)s1)Cc1nnsc1N. The largest absolute Gasteiger partial charge is 0.388 e. The number of nitrogen functional groups attached to an aromatic ring is 1. The Morgan fingerprint density at radius 1 is 1.44 bits per heavy atom. The van der Waals surface area contributed by atoms with Gasteiger partial charge in [0.1, 0.15) is 10.7 Å². The summed E-state index contributed by atoms with van der Waals surface area (Å²) in [6.07, 6.45) is 0. The first-order valence-corrected chi connectivity index (χ1v) is 6.61. The Bertz CT molecular complexity index is 468. The Morgan fingerprint density at radius 3 is 2.81 bits per heavy atom. The van der Waals surface area contributed by atoms with Gasteiger partial charge in [-0.15, -0.1) is 16.4 Å². The number of anilines is 1. The lowest BCUT2D eigenvalue weighted by Gasteiger charge is -2.13. The molecule has 4 nitrogen and oxygen atoms in total. The Morgan fingerprint density at radius 2 is 2.25 bits per heavy atom. The Hall–Kier alpha value is -0.690. The summed E-state index contributed by atoms with van der Waals surface area (Å²) in [4.78, 5) is 3.36. The van der Waals surface area contributed by atoms with Crippen LogP contribution < -0.4 is 5.73 Å². The van der Waals surface area contributed by atoms with Gasteiger partial charge in [-0.3, -0.25) is 4.90 Å². The van der Waals surface area contributed by atoms with E-state index in [1.807, 2.05) is 19.2 Å². The molecule has 0 aliphatic rings. The van der Waals surface area contributed by atoms with Gasteiger partial charge in [-0.2, -0.15) is 0 Å². The number of nitrogens with two attached hydrogens (primary N) is 1. The highest BCUT2D eigenvalue weighted by Gasteiger charge is 2.09. The summed E-state index contributed by atoms with van der Waals surface area (Å²) >= 11 is 8.69. The lowest BCUT2D eigenvalue weighted by Crippen LogP contribution is -2.17. The Balaban J connectivity index is 1.94. The van der Waals surface area contributed by atoms with Crippen LogP contribution in [0.5, 0.6) is 0 Å². The highest BCUT2D eigenvalue weighted by atomic mass is 35.5. The summed E-state index contributed by atoms with van der Waals surface area (Å²) in [5, 5.41) is 4.67. The number of nitrogens with zero attached hydrogens (tertiary/aromatic N) is 3. The van der Waals surface area contributed by atoms with Crippen molar-refractivity contribution < 1.29 is 0 Å². The smallest absolute Gasteiger partial charge is 0.132 e. The number of thiophene rings is 1. The van der Waals surface area contributed by atoms with Crippen LogP contribution in [0.15, 0.2) is 12.1 Å². The lowest BCUT2D eigenvalue weighted by molar-refractivity contribution is 0.318. The summed E-state index contributed by atoms with van der Waals surface area (Å²) in [7, 11) is 2.02. The van der Waals surface area contributed by atoms with Crippen LogP contribution in [0, 0.1) is 0 Å². The summed E-state index contributed by atoms with van der Waals surface area (Å²) in [6, 6.07) is 3.94. The molecule has 86 valence electrons. The van der Waals surface area contributed by atoms with Gasteiger partial charge < -0.3 is 5.73 Å². The van der Waals surface area contributed by atoms with Gasteiger partial charge in [-0.05, 0) is 19.2 Å². The first kappa shape index (κ1) is 11.8. The quantitative estimate of drug-likeness (QED) is 0.931. The van der Waals surface area contributed by atoms with E-state index in [1.165, 1.54) is 16.4 Å². The fourth-order valence-corrected chi connectivity index (χ4v) is 2.95. The predicted octanol–water partition coefficient (Wildman–Crippen LogP) is 2.47. The standard InChI is InChI=1S/C9H11ClN4S2/c1-14(4-6-2-3-8(10)15-6)5-7-9(11)16-13-12-7/h2-3H,4-5,11H2,1H3. The van der Waals surface area contributed by atoms with Gasteiger partial charge in [0.15, 0.2) is 0 Å². The number of rotatable bonds is 4. The molecular formula is C9H11ClN4S2. The van der Waals surface area contributed by atoms with Crippen molar-refractivity contribution in [2.45, 2.75) is 13.1 Å². The van der Waals surface area contributed by atoms with E-state index in [-0.39, 0.29) is 0 Å². The van der Waals surface area contributed by atoms with Crippen LogP contribution in [-0.4, -0.2) is 21.5 Å². The first-order chi connectivity index (χ1) is 7.65. The molecule has 2 N–H and O–H groups in total. The zero-order chi connectivity index (χ0) is 11.5. The van der Waals surface area contributed by atoms with E-state index in [0.717, 1.165) is 16.6 Å². The van der Waals surface area contributed by atoms with Crippen molar-refractivity contribution in [2.75, 3.05) is 12.8 Å². The molecule has 2 heterocycles. The van der Waals surface area contributed by atoms with E-state index in [4.69, 9.17) is 17.3 Å². The van der Waals surface area contributed by atoms with E-state index in [0.29, 0.717) is 11.5 Å². The second-order valence-electron chi connectivity index (χ2n) is 3.46.